The van der Waals surface area contributed by atoms with Crippen LogP contribution in [0.4, 0.5) is 0 Å². The summed E-state index contributed by atoms with van der Waals surface area (Å²) in [5, 5.41) is 11.2. The van der Waals surface area contributed by atoms with Gasteiger partial charge in [0.2, 0.25) is 0 Å². The number of rotatable bonds is 8. The summed E-state index contributed by atoms with van der Waals surface area (Å²) in [6.45, 7) is -0.117. The van der Waals surface area contributed by atoms with E-state index in [0.29, 0.717) is 5.56 Å². The number of cyclic esters (lactones) is 1. The zero-order valence-electron chi connectivity index (χ0n) is 14.9. The number of carbonyl (C=O) groups excluding carboxylic acids is 2. The molecule has 0 bridgehead atoms. The van der Waals surface area contributed by atoms with Gasteiger partial charge in [-0.05, 0) is 54.2 Å². The molecule has 26 heavy (non-hydrogen) atoms. The van der Waals surface area contributed by atoms with Crippen LogP contribution in [0.1, 0.15) is 41.6 Å². The average molecular weight is 356 g/mol. The largest absolute Gasteiger partial charge is 0.465 e. The van der Waals surface area contributed by atoms with Crippen molar-refractivity contribution in [2.45, 2.75) is 38.2 Å². The lowest BCUT2D eigenvalue weighted by atomic mass is 9.92. The van der Waals surface area contributed by atoms with E-state index in [9.17, 15) is 9.59 Å². The normalized spacial score (nSPS) is 19.1. The van der Waals surface area contributed by atoms with Gasteiger partial charge in [0.15, 0.2) is 0 Å². The van der Waals surface area contributed by atoms with Gasteiger partial charge in [0.25, 0.3) is 0 Å². The summed E-state index contributed by atoms with van der Waals surface area (Å²) in [4.78, 5) is 22.8. The van der Waals surface area contributed by atoms with E-state index in [0.717, 1.165) is 42.9 Å². The topological polar surface area (TPSA) is 72.8 Å². The minimum atomic E-state index is -0.324. The van der Waals surface area contributed by atoms with Crippen LogP contribution < -0.4 is 0 Å². The van der Waals surface area contributed by atoms with E-state index in [2.05, 4.69) is 18.2 Å². The van der Waals surface area contributed by atoms with Gasteiger partial charge < -0.3 is 14.6 Å². The molecule has 5 heteroatoms. The highest BCUT2D eigenvalue weighted by Gasteiger charge is 2.40. The number of benzene rings is 2. The smallest absolute Gasteiger partial charge is 0.337 e. The van der Waals surface area contributed by atoms with Crippen LogP contribution in [0.2, 0.25) is 0 Å². The molecule has 1 heterocycles. The Morgan fingerprint density at radius 2 is 1.92 bits per heavy atom. The number of unbranched alkanes of at least 4 members (excludes halogenated alkanes) is 2. The van der Waals surface area contributed by atoms with Crippen molar-refractivity contribution in [3.05, 3.63) is 47.5 Å². The molecular formula is C21H24O5. The number of aliphatic hydroxyl groups is 1. The van der Waals surface area contributed by atoms with Crippen LogP contribution >= 0.6 is 0 Å². The molecule has 0 spiro atoms. The van der Waals surface area contributed by atoms with E-state index >= 15 is 0 Å². The minimum absolute atomic E-state index is 0.107. The summed E-state index contributed by atoms with van der Waals surface area (Å²) in [5.41, 5.74) is 1.80. The van der Waals surface area contributed by atoms with Gasteiger partial charge in [0, 0.05) is 0 Å². The Hall–Kier alpha value is -2.40. The summed E-state index contributed by atoms with van der Waals surface area (Å²) < 4.78 is 9.84. The van der Waals surface area contributed by atoms with E-state index in [1.165, 1.54) is 12.7 Å². The molecule has 0 saturated carbocycles. The third-order valence-corrected chi connectivity index (χ3v) is 5.00. The SMILES string of the molecule is COC(=O)c1ccc2ccc(CCCCC[C@H]3OC(=O)[C@@H]3CO)cc2c1. The van der Waals surface area contributed by atoms with Crippen LogP contribution in [0.25, 0.3) is 10.8 Å². The number of hydrogen-bond acceptors (Lipinski definition) is 5. The second kappa shape index (κ2) is 8.32. The Morgan fingerprint density at radius 1 is 1.12 bits per heavy atom. The van der Waals surface area contributed by atoms with Crippen LogP contribution in [0.5, 0.6) is 0 Å². The molecule has 138 valence electrons. The Labute approximate surface area is 152 Å². The summed E-state index contributed by atoms with van der Waals surface area (Å²) >= 11 is 0. The van der Waals surface area contributed by atoms with Crippen molar-refractivity contribution in [2.24, 2.45) is 5.92 Å². The van der Waals surface area contributed by atoms with Gasteiger partial charge in [-0.3, -0.25) is 4.79 Å². The molecule has 1 aliphatic heterocycles. The number of fused-ring (bicyclic) bond motifs is 1. The lowest BCUT2D eigenvalue weighted by Crippen LogP contribution is -2.47. The zero-order chi connectivity index (χ0) is 18.5. The Morgan fingerprint density at radius 3 is 2.65 bits per heavy atom. The summed E-state index contributed by atoms with van der Waals surface area (Å²) in [6, 6.07) is 11.9. The summed E-state index contributed by atoms with van der Waals surface area (Å²) in [6.07, 6.45) is 4.75. The van der Waals surface area contributed by atoms with E-state index in [1.54, 1.807) is 6.07 Å². The van der Waals surface area contributed by atoms with Gasteiger partial charge in [0.05, 0.1) is 19.3 Å². The fourth-order valence-electron chi connectivity index (χ4n) is 3.40. The molecule has 2 aromatic carbocycles. The molecule has 5 nitrogen and oxygen atoms in total. The standard InChI is InChI=1S/C21H24O5/c1-25-20(23)16-10-9-15-8-7-14(11-17(15)12-16)5-3-2-4-6-19-18(13-22)21(24)26-19/h7-12,18-19,22H,2-6,13H2,1H3/t18-,19-/m1/s1. The molecule has 1 N–H and O–H groups in total. The number of carbonyl (C=O) groups is 2. The highest BCUT2D eigenvalue weighted by Crippen LogP contribution is 2.27. The average Bonchev–Trinajstić information content (AvgIpc) is 2.65. The van der Waals surface area contributed by atoms with Crippen molar-refractivity contribution >= 4 is 22.7 Å². The van der Waals surface area contributed by atoms with Crippen LogP contribution in [-0.2, 0) is 20.7 Å². The van der Waals surface area contributed by atoms with Crippen molar-refractivity contribution < 1.29 is 24.2 Å². The number of esters is 2. The monoisotopic (exact) mass is 356 g/mol. The predicted molar refractivity (Wildman–Crippen MR) is 97.9 cm³/mol. The van der Waals surface area contributed by atoms with Gasteiger partial charge in [-0.15, -0.1) is 0 Å². The zero-order valence-corrected chi connectivity index (χ0v) is 14.9. The lowest BCUT2D eigenvalue weighted by Gasteiger charge is -2.33. The van der Waals surface area contributed by atoms with Crippen LogP contribution in [0, 0.1) is 5.92 Å². The Kier molecular flexibility index (Phi) is 5.89. The Balaban J connectivity index is 1.49. The molecule has 1 saturated heterocycles. The van der Waals surface area contributed by atoms with Crippen molar-refractivity contribution in [3.8, 4) is 0 Å². The number of methoxy groups -OCH3 is 1. The van der Waals surface area contributed by atoms with Gasteiger partial charge in [-0.2, -0.15) is 0 Å². The van der Waals surface area contributed by atoms with E-state index in [-0.39, 0.29) is 30.6 Å². The van der Waals surface area contributed by atoms with Crippen molar-refractivity contribution in [2.75, 3.05) is 13.7 Å². The third kappa shape index (κ3) is 4.05. The second-order valence-electron chi connectivity index (χ2n) is 6.75. The summed E-state index contributed by atoms with van der Waals surface area (Å²) in [5.74, 6) is -0.922. The first-order chi connectivity index (χ1) is 12.6. The lowest BCUT2D eigenvalue weighted by molar-refractivity contribution is -0.189. The molecule has 2 atom stereocenters. The maximum Gasteiger partial charge on any atom is 0.337 e. The Bertz CT molecular complexity index is 798. The molecule has 0 amide bonds. The quantitative estimate of drug-likeness (QED) is 0.580. The van der Waals surface area contributed by atoms with Crippen molar-refractivity contribution in [1.82, 2.24) is 0 Å². The second-order valence-corrected chi connectivity index (χ2v) is 6.75. The molecule has 0 radical (unpaired) electrons. The highest BCUT2D eigenvalue weighted by atomic mass is 16.6. The van der Waals surface area contributed by atoms with Gasteiger partial charge >= 0.3 is 11.9 Å². The van der Waals surface area contributed by atoms with Gasteiger partial charge in [-0.1, -0.05) is 30.7 Å². The van der Waals surface area contributed by atoms with Crippen molar-refractivity contribution in [1.29, 1.82) is 0 Å². The number of aryl methyl sites for hydroxylation is 1. The first-order valence-corrected chi connectivity index (χ1v) is 9.04. The highest BCUT2D eigenvalue weighted by molar-refractivity contribution is 5.95. The van der Waals surface area contributed by atoms with E-state index in [1.807, 2.05) is 12.1 Å². The molecule has 3 rings (SSSR count). The van der Waals surface area contributed by atoms with Gasteiger partial charge in [-0.25, -0.2) is 4.79 Å². The molecule has 2 aromatic rings. The van der Waals surface area contributed by atoms with E-state index in [4.69, 9.17) is 14.6 Å². The maximum atomic E-state index is 11.7. The maximum absolute atomic E-state index is 11.7. The van der Waals surface area contributed by atoms with E-state index < -0.39 is 0 Å². The van der Waals surface area contributed by atoms with Crippen LogP contribution in [0.3, 0.4) is 0 Å². The van der Waals surface area contributed by atoms with Gasteiger partial charge in [0.1, 0.15) is 12.0 Å². The molecule has 0 unspecified atom stereocenters. The molecule has 0 aliphatic carbocycles. The summed E-state index contributed by atoms with van der Waals surface area (Å²) in [7, 11) is 1.39. The predicted octanol–water partition coefficient (Wildman–Crippen LogP) is 3.26. The number of aliphatic hydroxyl groups excluding tert-OH is 1. The van der Waals surface area contributed by atoms with Crippen LogP contribution in [0.15, 0.2) is 36.4 Å². The molecular weight excluding hydrogens is 332 g/mol. The molecule has 0 aromatic heterocycles. The van der Waals surface area contributed by atoms with Crippen molar-refractivity contribution in [3.63, 3.8) is 0 Å². The third-order valence-electron chi connectivity index (χ3n) is 5.00. The fraction of sp³-hybridized carbons (Fsp3) is 0.429. The fourth-order valence-corrected chi connectivity index (χ4v) is 3.40. The van der Waals surface area contributed by atoms with Crippen LogP contribution in [-0.4, -0.2) is 36.9 Å². The number of ether oxygens (including phenoxy) is 2. The molecule has 1 fully saturated rings. The first-order valence-electron chi connectivity index (χ1n) is 9.04. The number of hydrogen-bond donors (Lipinski definition) is 1. The minimum Gasteiger partial charge on any atom is -0.465 e. The first kappa shape index (κ1) is 18.4. The molecule has 1 aliphatic rings.